The number of unbranched alkanes of at least 4 members (excludes halogenated alkanes) is 14. The third-order valence-electron chi connectivity index (χ3n) is 5.01. The average Bonchev–Trinajstić information content (AvgIpc) is 2.69. The van der Waals surface area contributed by atoms with Gasteiger partial charge in [-0.2, -0.15) is 0 Å². The molecule has 0 aromatic rings. The quantitative estimate of drug-likeness (QED) is 0.165. The second-order valence-corrected chi connectivity index (χ2v) is 8.69. The molecule has 0 aromatic carbocycles. The van der Waals surface area contributed by atoms with Crippen LogP contribution in [-0.2, 0) is 14.4 Å². The van der Waals surface area contributed by atoms with E-state index in [1.807, 2.05) is 0 Å². The summed E-state index contributed by atoms with van der Waals surface area (Å²) < 4.78 is 0.264. The van der Waals surface area contributed by atoms with Gasteiger partial charge in [0.05, 0.1) is 0 Å². The molecule has 6 N–H and O–H groups in total. The summed E-state index contributed by atoms with van der Waals surface area (Å²) in [5, 5.41) is 16.3. The first-order chi connectivity index (χ1) is 14.3. The van der Waals surface area contributed by atoms with E-state index in [4.69, 9.17) is 15.9 Å². The van der Waals surface area contributed by atoms with Crippen molar-refractivity contribution >= 4 is 32.9 Å². The third kappa shape index (κ3) is 36.4. The zero-order chi connectivity index (χ0) is 23.0. The molecule has 0 bridgehead atoms. The van der Waals surface area contributed by atoms with Gasteiger partial charge in [0, 0.05) is 6.42 Å². The van der Waals surface area contributed by atoms with Crippen molar-refractivity contribution in [3.63, 3.8) is 0 Å². The summed E-state index contributed by atoms with van der Waals surface area (Å²) in [6, 6.07) is -1.06. The van der Waals surface area contributed by atoms with E-state index in [1.54, 1.807) is 0 Å². The molecule has 0 saturated heterocycles. The molecule has 8 nitrogen and oxygen atoms in total. The molecule has 0 saturated carbocycles. The maximum atomic E-state index is 10.7. The Morgan fingerprint density at radius 3 is 1.31 bits per heavy atom. The summed E-state index contributed by atoms with van der Waals surface area (Å²) >= 11 is 2.27. The van der Waals surface area contributed by atoms with E-state index in [-0.39, 0.29) is 28.4 Å². The molecule has 0 aliphatic rings. The molecule has 0 spiro atoms. The zero-order valence-electron chi connectivity index (χ0n) is 20.0. The summed E-state index contributed by atoms with van der Waals surface area (Å²) in [4.78, 5) is 30.6. The summed E-state index contributed by atoms with van der Waals surface area (Å²) in [6.45, 7) is 2.28. The van der Waals surface area contributed by atoms with E-state index < -0.39 is 18.0 Å². The van der Waals surface area contributed by atoms with Crippen molar-refractivity contribution in [2.45, 2.75) is 129 Å². The number of nitrogens with two attached hydrogens (primary N) is 1. The molecule has 0 fully saturated rings. The van der Waals surface area contributed by atoms with Crippen LogP contribution in [0, 0.1) is 0 Å². The van der Waals surface area contributed by atoms with E-state index in [0.717, 1.165) is 12.8 Å². The molecule has 1 atom stereocenters. The Bertz CT molecular complexity index is 437. The molecule has 188 valence electrons. The number of carboxylic acid groups (broad SMARTS) is 2. The van der Waals surface area contributed by atoms with Crippen LogP contribution in [0.25, 0.3) is 0 Å². The first-order valence-corrected chi connectivity index (χ1v) is 12.4. The van der Waals surface area contributed by atoms with Crippen molar-refractivity contribution in [1.82, 2.24) is 0 Å². The van der Waals surface area contributed by atoms with Gasteiger partial charge in [-0.25, -0.2) is 0 Å². The van der Waals surface area contributed by atoms with Crippen LogP contribution in [0.1, 0.15) is 122 Å². The Hall–Kier alpha value is -0.978. The Morgan fingerprint density at radius 1 is 0.688 bits per heavy atom. The van der Waals surface area contributed by atoms with Crippen LogP contribution < -0.4 is 5.73 Å². The first kappa shape index (κ1) is 38.3. The first-order valence-electron chi connectivity index (χ1n) is 11.8. The Morgan fingerprint density at radius 2 is 1.03 bits per heavy atom. The van der Waals surface area contributed by atoms with Crippen LogP contribution in [0.4, 0.5) is 0 Å². The van der Waals surface area contributed by atoms with Crippen LogP contribution in [-0.4, -0.2) is 60.1 Å². The van der Waals surface area contributed by atoms with Crippen LogP contribution >= 0.6 is 0 Å². The second-order valence-electron chi connectivity index (χ2n) is 8.04. The molecular weight excluding hydrogens is 429 g/mol. The number of hydrogen-bond donors (Lipinski definition) is 3. The topological polar surface area (TPSA) is 178 Å². The summed E-state index contributed by atoms with van der Waals surface area (Å²) in [7, 11) is 0. The number of carboxylic acids is 2. The smallest absolute Gasteiger partial charge is 0.320 e. The van der Waals surface area contributed by atoms with E-state index in [2.05, 4.69) is 23.2 Å². The number of hydrogen-bond acceptors (Lipinski definition) is 6. The van der Waals surface area contributed by atoms with Crippen molar-refractivity contribution in [2.75, 3.05) is 0 Å². The van der Waals surface area contributed by atoms with Crippen molar-refractivity contribution in [1.29, 1.82) is 0 Å². The molecule has 0 aliphatic heterocycles. The van der Waals surface area contributed by atoms with Crippen LogP contribution in [0.2, 0.25) is 0 Å². The minimum atomic E-state index is -1.17. The zero-order valence-corrected chi connectivity index (χ0v) is 21.1. The van der Waals surface area contributed by atoms with Gasteiger partial charge in [-0.15, -0.1) is 0 Å². The van der Waals surface area contributed by atoms with Crippen molar-refractivity contribution in [3.8, 4) is 0 Å². The molecule has 0 unspecified atom stereocenters. The monoisotopic (exact) mass is 475 g/mol. The normalized spacial score (nSPS) is 10.8. The molecule has 0 aliphatic carbocycles. The number of rotatable bonds is 20. The molecule has 0 rings (SSSR count). The van der Waals surface area contributed by atoms with Crippen molar-refractivity contribution in [3.05, 3.63) is 0 Å². The number of aliphatic carboxylic acids is 2. The summed E-state index contributed by atoms with van der Waals surface area (Å²) in [6.07, 6.45) is 21.2. The maximum absolute atomic E-state index is 10.7. The Kier molecular flexibility index (Phi) is 35.9. The van der Waals surface area contributed by atoms with Gasteiger partial charge < -0.3 is 26.9 Å². The van der Waals surface area contributed by atoms with Crippen molar-refractivity contribution < 1.29 is 35.5 Å². The Balaban J connectivity index is -0.000000279. The minimum absolute atomic E-state index is 0. The van der Waals surface area contributed by atoms with E-state index in [9.17, 15) is 14.4 Å². The van der Waals surface area contributed by atoms with Gasteiger partial charge in [0.15, 0.2) is 0 Å². The fourth-order valence-electron chi connectivity index (χ4n) is 3.07. The van der Waals surface area contributed by atoms with Crippen molar-refractivity contribution in [2.24, 2.45) is 5.73 Å². The van der Waals surface area contributed by atoms with Gasteiger partial charge in [-0.05, 0) is 6.42 Å². The molecule has 0 aromatic heterocycles. The van der Waals surface area contributed by atoms with E-state index in [1.165, 1.54) is 89.9 Å². The predicted octanol–water partition coefficient (Wildman–Crippen LogP) is 4.85. The van der Waals surface area contributed by atoms with E-state index in [0.29, 0.717) is 0 Å². The standard InChI is InChI=1S/C18H35O.C5H9NO4.Al.2H2O/c1-2-3-4-5-6-7-8-9-10-11-12-13-14-15-16-17-18-19;6-3(5(9)10)1-2-4(7)8;;;/h2-17H2,1H3;3H,1-2,6H2,(H,7,8)(H,9,10);;2*1H2/q;;+2;;/p-2/t;3-;;;/m.0.../s1. The largest absolute Gasteiger partial charge is 0.870 e. The predicted molar refractivity (Wildman–Crippen MR) is 127 cm³/mol. The van der Waals surface area contributed by atoms with Gasteiger partial charge in [0.25, 0.3) is 0 Å². The minimum Gasteiger partial charge on any atom is -0.870 e. The average molecular weight is 476 g/mol. The summed E-state index contributed by atoms with van der Waals surface area (Å²) in [5.74, 6) is -2.20. The number of carbonyl (C=O) groups excluding carboxylic acids is 1. The second kappa shape index (κ2) is 30.0. The third-order valence-corrected chi connectivity index (χ3v) is 5.30. The molecule has 9 heteroatoms. The number of carbonyl (C=O) groups is 3. The van der Waals surface area contributed by atoms with Gasteiger partial charge >= 0.3 is 108 Å². The van der Waals surface area contributed by atoms with Gasteiger partial charge in [-0.1, -0.05) is 39.0 Å². The molecule has 0 radical (unpaired) electrons. The van der Waals surface area contributed by atoms with Crippen LogP contribution in [0.15, 0.2) is 0 Å². The molecule has 0 amide bonds. The summed E-state index contributed by atoms with van der Waals surface area (Å²) in [5.41, 5.74) is 5.00. The molecule has 32 heavy (non-hydrogen) atoms. The van der Waals surface area contributed by atoms with Gasteiger partial charge in [0.1, 0.15) is 6.04 Å². The van der Waals surface area contributed by atoms with Crippen LogP contribution in [0.5, 0.6) is 0 Å². The SMILES string of the molecule is CCCCCCCCCCCCCCCCC[C](=O)[Al+2].N[C@@H](CCC(=O)O)C(=O)O.[OH-].[OH-]. The fraction of sp³-hybridized carbons (Fsp3) is 0.870. The Labute approximate surface area is 202 Å². The molecule has 0 heterocycles. The van der Waals surface area contributed by atoms with Crippen LogP contribution in [0.3, 0.4) is 0 Å². The fourth-order valence-corrected chi connectivity index (χ4v) is 3.28. The maximum Gasteiger partial charge on any atom is 0.320 e. The van der Waals surface area contributed by atoms with Gasteiger partial charge in [-0.3, -0.25) is 9.59 Å². The van der Waals surface area contributed by atoms with Gasteiger partial charge in [0.2, 0.25) is 0 Å². The van der Waals surface area contributed by atoms with E-state index >= 15 is 0 Å². The molecular formula is C23H46AlNO7.